The Kier molecular flexibility index (Phi) is 6.73. The van der Waals surface area contributed by atoms with Crippen LogP contribution in [-0.2, 0) is 9.59 Å². The predicted molar refractivity (Wildman–Crippen MR) is 130 cm³/mol. The van der Waals surface area contributed by atoms with Gasteiger partial charge in [0.15, 0.2) is 12.1 Å². The molecule has 5 unspecified atom stereocenters. The number of carbonyl (C=O) groups excluding carboxylic acids is 2. The Morgan fingerprint density at radius 3 is 2.55 bits per heavy atom. The molecule has 5 atom stereocenters. The molecular weight excluding hydrogens is 408 g/mol. The second kappa shape index (κ2) is 9.54. The lowest BCUT2D eigenvalue weighted by Crippen LogP contribution is -2.45. The highest BCUT2D eigenvalue weighted by molar-refractivity contribution is 5.93. The summed E-state index contributed by atoms with van der Waals surface area (Å²) in [5.41, 5.74) is 6.29. The number of allylic oxidation sites excluding steroid dienone is 4. The van der Waals surface area contributed by atoms with Gasteiger partial charge in [-0.3, -0.25) is 9.59 Å². The second-order valence-corrected chi connectivity index (χ2v) is 9.97. The van der Waals surface area contributed by atoms with Gasteiger partial charge in [0.2, 0.25) is 0 Å². The Hall–Kier alpha value is -2.88. The second-order valence-electron chi connectivity index (χ2n) is 9.97. The molecule has 1 aromatic carbocycles. The maximum atomic E-state index is 12.1. The number of aliphatic hydroxyl groups is 1. The average Bonchev–Trinajstić information content (AvgIpc) is 3.12. The third-order valence-electron chi connectivity index (χ3n) is 8.27. The van der Waals surface area contributed by atoms with E-state index in [1.807, 2.05) is 18.2 Å². The Bertz CT molecular complexity index is 1100. The monoisotopic (exact) mass is 440 g/mol. The fourth-order valence-corrected chi connectivity index (χ4v) is 6.84. The smallest absolute Gasteiger partial charge is 0.193 e. The molecule has 0 saturated heterocycles. The number of ketones is 1. The lowest BCUT2D eigenvalue weighted by molar-refractivity contribution is -0.114. The Balaban J connectivity index is 0.000000821. The fraction of sp³-hybridized carbons (Fsp3) is 0.467. The average molecular weight is 441 g/mol. The maximum absolute atomic E-state index is 12.1. The van der Waals surface area contributed by atoms with Crippen molar-refractivity contribution >= 4 is 12.1 Å². The fourth-order valence-electron chi connectivity index (χ4n) is 6.84. The van der Waals surface area contributed by atoms with Crippen LogP contribution in [0.1, 0.15) is 75.8 Å². The van der Waals surface area contributed by atoms with Crippen molar-refractivity contribution in [3.63, 3.8) is 0 Å². The largest absolute Gasteiger partial charge is 0.393 e. The lowest BCUT2D eigenvalue weighted by Gasteiger charge is -2.52. The summed E-state index contributed by atoms with van der Waals surface area (Å²) in [5, 5.41) is 10.9. The molecule has 1 aromatic rings. The van der Waals surface area contributed by atoms with E-state index in [0.717, 1.165) is 44.1 Å². The van der Waals surface area contributed by atoms with Crippen LogP contribution in [0, 0.1) is 41.4 Å². The van der Waals surface area contributed by atoms with Gasteiger partial charge in [-0.05, 0) is 104 Å². The first kappa shape index (κ1) is 23.3. The van der Waals surface area contributed by atoms with E-state index in [4.69, 9.17) is 0 Å². The minimum absolute atomic E-state index is 0.0545. The molecule has 0 radical (unpaired) electrons. The summed E-state index contributed by atoms with van der Waals surface area (Å²) >= 11 is 0. The highest BCUT2D eigenvalue weighted by Gasteiger charge is 2.56. The number of hydrogen-bond donors (Lipinski definition) is 1. The normalized spacial score (nSPS) is 31.9. The van der Waals surface area contributed by atoms with Gasteiger partial charge in [-0.25, -0.2) is 0 Å². The van der Waals surface area contributed by atoms with E-state index >= 15 is 0 Å². The molecule has 0 aliphatic heterocycles. The standard InChI is InChI=1S/C27H28O3.C3H4/c1-27-16-23(18-6-4-17(5-7-18)3-2-14-28)26-21-11-9-20(29)15-19(21)8-10-22(26)24(27)12-13-25(27)30;1-3-2/h4-7,14-15,22-25,30H,8-13,16H2,1H3;1H,2H3. The van der Waals surface area contributed by atoms with Crippen LogP contribution in [0.25, 0.3) is 0 Å². The van der Waals surface area contributed by atoms with Crippen LogP contribution in [0.3, 0.4) is 0 Å². The van der Waals surface area contributed by atoms with Gasteiger partial charge in [0.25, 0.3) is 0 Å². The molecule has 0 spiro atoms. The minimum Gasteiger partial charge on any atom is -0.393 e. The van der Waals surface area contributed by atoms with E-state index < -0.39 is 0 Å². The van der Waals surface area contributed by atoms with Crippen molar-refractivity contribution in [3.8, 4) is 24.2 Å². The molecule has 4 aliphatic rings. The van der Waals surface area contributed by atoms with Gasteiger partial charge in [0, 0.05) is 17.9 Å². The molecular formula is C30H32O3. The number of benzene rings is 1. The molecule has 5 rings (SSSR count). The molecule has 4 aliphatic carbocycles. The van der Waals surface area contributed by atoms with Gasteiger partial charge in [-0.2, -0.15) is 0 Å². The van der Waals surface area contributed by atoms with Crippen molar-refractivity contribution in [2.45, 2.75) is 70.8 Å². The Labute approximate surface area is 197 Å². The van der Waals surface area contributed by atoms with Crippen LogP contribution in [0.5, 0.6) is 0 Å². The maximum Gasteiger partial charge on any atom is 0.193 e. The van der Waals surface area contributed by atoms with Gasteiger partial charge >= 0.3 is 0 Å². The Morgan fingerprint density at radius 1 is 1.12 bits per heavy atom. The van der Waals surface area contributed by atoms with Gasteiger partial charge in [0.1, 0.15) is 0 Å². The zero-order valence-corrected chi connectivity index (χ0v) is 19.6. The molecule has 0 aromatic heterocycles. The summed E-state index contributed by atoms with van der Waals surface area (Å²) in [5.74, 6) is 9.16. The topological polar surface area (TPSA) is 54.4 Å². The number of rotatable bonds is 1. The van der Waals surface area contributed by atoms with Crippen LogP contribution in [0.4, 0.5) is 0 Å². The number of aldehydes is 1. The van der Waals surface area contributed by atoms with Gasteiger partial charge in [-0.1, -0.05) is 30.6 Å². The molecule has 170 valence electrons. The van der Waals surface area contributed by atoms with E-state index in [1.54, 1.807) is 12.5 Å². The number of hydrogen-bond acceptors (Lipinski definition) is 3. The van der Waals surface area contributed by atoms with Crippen molar-refractivity contribution in [3.05, 3.63) is 58.2 Å². The SMILES string of the molecule is C#CC.CC12CC(c3ccc(C#CC=O)cc3)C3=C4CCC(=O)C=C4CCC3C1CCC2O. The zero-order valence-electron chi connectivity index (χ0n) is 19.6. The first-order valence-electron chi connectivity index (χ1n) is 12.0. The summed E-state index contributed by atoms with van der Waals surface area (Å²) in [4.78, 5) is 22.6. The van der Waals surface area contributed by atoms with E-state index in [-0.39, 0.29) is 23.2 Å². The molecule has 2 fully saturated rings. The van der Waals surface area contributed by atoms with Crippen molar-refractivity contribution < 1.29 is 14.7 Å². The molecule has 0 bridgehead atoms. The number of fused-ring (bicyclic) bond motifs is 4. The molecule has 3 heteroatoms. The van der Waals surface area contributed by atoms with Gasteiger partial charge < -0.3 is 5.11 Å². The molecule has 33 heavy (non-hydrogen) atoms. The molecule has 0 amide bonds. The molecule has 0 heterocycles. The highest BCUT2D eigenvalue weighted by Crippen LogP contribution is 2.63. The first-order valence-corrected chi connectivity index (χ1v) is 12.0. The lowest BCUT2D eigenvalue weighted by atomic mass is 9.53. The summed E-state index contributed by atoms with van der Waals surface area (Å²) in [6, 6.07) is 8.27. The molecule has 1 N–H and O–H groups in total. The number of terminal acetylenes is 1. The van der Waals surface area contributed by atoms with Crippen LogP contribution in [-0.4, -0.2) is 23.3 Å². The summed E-state index contributed by atoms with van der Waals surface area (Å²) < 4.78 is 0. The summed E-state index contributed by atoms with van der Waals surface area (Å²) in [7, 11) is 0. The van der Waals surface area contributed by atoms with E-state index in [9.17, 15) is 14.7 Å². The third kappa shape index (κ3) is 4.23. The first-order chi connectivity index (χ1) is 15.9. The van der Waals surface area contributed by atoms with Crippen LogP contribution in [0.2, 0.25) is 0 Å². The molecule has 2 saturated carbocycles. The number of aliphatic hydroxyl groups excluding tert-OH is 1. The van der Waals surface area contributed by atoms with E-state index in [2.05, 4.69) is 43.2 Å². The van der Waals surface area contributed by atoms with E-state index in [0.29, 0.717) is 24.5 Å². The quantitative estimate of drug-likeness (QED) is 0.486. The number of carbonyl (C=O) groups is 2. The van der Waals surface area contributed by atoms with Crippen LogP contribution < -0.4 is 0 Å². The van der Waals surface area contributed by atoms with Crippen molar-refractivity contribution in [2.75, 3.05) is 0 Å². The summed E-state index contributed by atoms with van der Waals surface area (Å²) in [6.07, 6.45) is 13.4. The van der Waals surface area contributed by atoms with Crippen molar-refractivity contribution in [2.24, 2.45) is 17.3 Å². The van der Waals surface area contributed by atoms with Crippen molar-refractivity contribution in [1.82, 2.24) is 0 Å². The third-order valence-corrected chi connectivity index (χ3v) is 8.27. The zero-order chi connectivity index (χ0) is 23.6. The van der Waals surface area contributed by atoms with Crippen LogP contribution >= 0.6 is 0 Å². The Morgan fingerprint density at radius 2 is 1.85 bits per heavy atom. The minimum atomic E-state index is -0.237. The van der Waals surface area contributed by atoms with Gasteiger partial charge in [0.05, 0.1) is 6.10 Å². The van der Waals surface area contributed by atoms with Crippen molar-refractivity contribution in [1.29, 1.82) is 0 Å². The van der Waals surface area contributed by atoms with Gasteiger partial charge in [-0.15, -0.1) is 12.3 Å². The van der Waals surface area contributed by atoms with E-state index in [1.165, 1.54) is 16.7 Å². The highest BCUT2D eigenvalue weighted by atomic mass is 16.3. The van der Waals surface area contributed by atoms with Crippen LogP contribution in [0.15, 0.2) is 47.1 Å². The predicted octanol–water partition coefficient (Wildman–Crippen LogP) is 5.14. The molecule has 3 nitrogen and oxygen atoms in total. The summed E-state index contributed by atoms with van der Waals surface area (Å²) in [6.45, 7) is 3.95.